The van der Waals surface area contributed by atoms with Crippen LogP contribution >= 0.6 is 0 Å². The van der Waals surface area contributed by atoms with E-state index >= 15 is 0 Å². The van der Waals surface area contributed by atoms with Crippen LogP contribution in [0.5, 0.6) is 5.75 Å². The highest BCUT2D eigenvalue weighted by Gasteiger charge is 2.21. The van der Waals surface area contributed by atoms with Gasteiger partial charge in [-0.3, -0.25) is 0 Å². The second-order valence-corrected chi connectivity index (χ2v) is 4.07. The van der Waals surface area contributed by atoms with E-state index in [-0.39, 0.29) is 18.2 Å². The number of ether oxygens (including phenoxy) is 2. The van der Waals surface area contributed by atoms with Gasteiger partial charge in [-0.1, -0.05) is 28.5 Å². The van der Waals surface area contributed by atoms with E-state index in [0.717, 1.165) is 12.2 Å². The van der Waals surface area contributed by atoms with Crippen molar-refractivity contribution in [1.29, 1.82) is 0 Å². The minimum atomic E-state index is 0.0456. The zero-order chi connectivity index (χ0) is 12.8. The first-order chi connectivity index (χ1) is 8.78. The van der Waals surface area contributed by atoms with Gasteiger partial charge < -0.3 is 15.3 Å². The third-order valence-corrected chi connectivity index (χ3v) is 2.53. The van der Waals surface area contributed by atoms with Crippen LogP contribution in [0.25, 0.3) is 0 Å². The molecular weight excluding hydrogens is 232 g/mol. The number of amidine groups is 1. The Morgan fingerprint density at radius 3 is 3.00 bits per heavy atom. The summed E-state index contributed by atoms with van der Waals surface area (Å²) in [6.07, 6.45) is 0.817. The zero-order valence-corrected chi connectivity index (χ0v) is 10.2. The third kappa shape index (κ3) is 3.44. The van der Waals surface area contributed by atoms with E-state index in [1.165, 1.54) is 0 Å². The molecule has 1 aliphatic heterocycles. The Bertz CT molecular complexity index is 433. The lowest BCUT2D eigenvalue weighted by Crippen LogP contribution is -2.20. The molecule has 0 unspecified atom stereocenters. The van der Waals surface area contributed by atoms with Crippen LogP contribution in [0.4, 0.5) is 0 Å². The number of benzene rings is 1. The summed E-state index contributed by atoms with van der Waals surface area (Å²) in [6, 6.07) is 9.99. The molecule has 0 spiro atoms. The summed E-state index contributed by atoms with van der Waals surface area (Å²) < 4.78 is 11.0. The zero-order valence-electron chi connectivity index (χ0n) is 10.2. The van der Waals surface area contributed by atoms with Gasteiger partial charge in [0.05, 0.1) is 12.1 Å². The highest BCUT2D eigenvalue weighted by Crippen LogP contribution is 2.16. The maximum Gasteiger partial charge on any atom is 0.332 e. The highest BCUT2D eigenvalue weighted by molar-refractivity contribution is 5.75. The maximum absolute atomic E-state index is 5.77. The van der Waals surface area contributed by atoms with Crippen LogP contribution < -0.4 is 10.6 Å². The van der Waals surface area contributed by atoms with Crippen molar-refractivity contribution in [2.45, 2.75) is 25.5 Å². The number of rotatable bonds is 4. The van der Waals surface area contributed by atoms with Crippen molar-refractivity contribution < 1.29 is 9.47 Å². The smallest absolute Gasteiger partial charge is 0.332 e. The Kier molecular flexibility index (Phi) is 4.11. The maximum atomic E-state index is 5.77. The van der Waals surface area contributed by atoms with Crippen LogP contribution in [0.1, 0.15) is 13.3 Å². The predicted molar refractivity (Wildman–Crippen MR) is 67.4 cm³/mol. The molecule has 0 saturated heterocycles. The normalized spacial score (nSPS) is 20.5. The van der Waals surface area contributed by atoms with E-state index in [1.807, 2.05) is 37.3 Å². The van der Waals surface area contributed by atoms with Crippen LogP contribution in [0.2, 0.25) is 0 Å². The van der Waals surface area contributed by atoms with Gasteiger partial charge in [0, 0.05) is 6.42 Å². The molecule has 0 bridgehead atoms. The van der Waals surface area contributed by atoms with Crippen LogP contribution in [0, 0.1) is 0 Å². The lowest BCUT2D eigenvalue weighted by atomic mass is 10.1. The van der Waals surface area contributed by atoms with E-state index in [0.29, 0.717) is 6.61 Å². The van der Waals surface area contributed by atoms with Gasteiger partial charge >= 0.3 is 6.02 Å². The van der Waals surface area contributed by atoms with Crippen molar-refractivity contribution in [2.75, 3.05) is 6.61 Å². The van der Waals surface area contributed by atoms with Gasteiger partial charge in [0.25, 0.3) is 0 Å². The van der Waals surface area contributed by atoms with Crippen molar-refractivity contribution in [1.82, 2.24) is 0 Å². The Balaban J connectivity index is 1.83. The topological polar surface area (TPSA) is 81.6 Å². The Hall–Kier alpha value is -2.11. The number of aliphatic imine (C=N–C) groups is 1. The van der Waals surface area contributed by atoms with Crippen LogP contribution in [0.15, 0.2) is 45.7 Å². The molecule has 0 amide bonds. The largest absolute Gasteiger partial charge is 0.491 e. The van der Waals surface area contributed by atoms with Gasteiger partial charge in [0.15, 0.2) is 0 Å². The molecule has 6 heteroatoms. The number of hydrogen-bond donors (Lipinski definition) is 1. The van der Waals surface area contributed by atoms with Gasteiger partial charge in [-0.05, 0) is 19.1 Å². The number of nitrogens with two attached hydrogens (primary N) is 1. The molecule has 0 radical (unpaired) electrons. The van der Waals surface area contributed by atoms with E-state index in [9.17, 15) is 0 Å². The second kappa shape index (κ2) is 6.00. The molecule has 6 nitrogen and oxygen atoms in total. The quantitative estimate of drug-likeness (QED) is 0.502. The summed E-state index contributed by atoms with van der Waals surface area (Å²) in [6.45, 7) is 2.50. The van der Waals surface area contributed by atoms with Crippen LogP contribution in [-0.2, 0) is 4.74 Å². The molecule has 1 aromatic rings. The Morgan fingerprint density at radius 2 is 2.28 bits per heavy atom. The summed E-state index contributed by atoms with van der Waals surface area (Å²) in [5.74, 6) is 5.79. The molecule has 2 rings (SSSR count). The molecule has 1 aliphatic rings. The fourth-order valence-corrected chi connectivity index (χ4v) is 1.79. The molecule has 96 valence electrons. The van der Waals surface area contributed by atoms with Crippen molar-refractivity contribution >= 4 is 6.02 Å². The average Bonchev–Trinajstić information content (AvgIpc) is 2.78. The highest BCUT2D eigenvalue weighted by atomic mass is 16.5. The van der Waals surface area contributed by atoms with Crippen LogP contribution in [-0.4, -0.2) is 24.8 Å². The first-order valence-corrected chi connectivity index (χ1v) is 5.81. The molecular formula is C12H16N4O2. The van der Waals surface area contributed by atoms with Crippen molar-refractivity contribution in [2.24, 2.45) is 21.2 Å². The monoisotopic (exact) mass is 248 g/mol. The molecule has 2 N–H and O–H groups in total. The predicted octanol–water partition coefficient (Wildman–Crippen LogP) is 1.92. The lowest BCUT2D eigenvalue weighted by Gasteiger charge is -2.16. The number of para-hydroxylation sites is 1. The number of hydrogen-bond acceptors (Lipinski definition) is 5. The SMILES string of the molecule is C[C@@H](C[C@H]1COC(N=NN)=N1)Oc1ccccc1. The average molecular weight is 248 g/mol. The van der Waals surface area contributed by atoms with E-state index < -0.39 is 0 Å². The standard InChI is InChI=1S/C12H16N4O2/c1-9(18-11-5-3-2-4-6-11)7-10-8-17-12(14-10)15-16-13/h2-6,9-10H,7-8H2,1H3,(H2,13,14,15)/t9-,10-/m0/s1. The van der Waals surface area contributed by atoms with Crippen molar-refractivity contribution in [3.8, 4) is 5.75 Å². The summed E-state index contributed by atoms with van der Waals surface area (Å²) in [4.78, 5) is 4.23. The van der Waals surface area contributed by atoms with Crippen LogP contribution in [0.3, 0.4) is 0 Å². The minimum absolute atomic E-state index is 0.0456. The first kappa shape index (κ1) is 12.3. The van der Waals surface area contributed by atoms with E-state index in [1.54, 1.807) is 0 Å². The lowest BCUT2D eigenvalue weighted by molar-refractivity contribution is 0.189. The summed E-state index contributed by atoms with van der Waals surface area (Å²) in [7, 11) is 0. The van der Waals surface area contributed by atoms with Gasteiger partial charge in [-0.2, -0.15) is 0 Å². The minimum Gasteiger partial charge on any atom is -0.491 e. The third-order valence-electron chi connectivity index (χ3n) is 2.53. The fraction of sp³-hybridized carbons (Fsp3) is 0.417. The molecule has 0 fully saturated rings. The van der Waals surface area contributed by atoms with Gasteiger partial charge in [0.2, 0.25) is 0 Å². The van der Waals surface area contributed by atoms with Gasteiger partial charge in [0.1, 0.15) is 12.4 Å². The molecule has 0 saturated carbocycles. The molecule has 1 aromatic carbocycles. The fourth-order valence-electron chi connectivity index (χ4n) is 1.79. The second-order valence-electron chi connectivity index (χ2n) is 4.07. The molecule has 0 aliphatic carbocycles. The molecule has 0 aromatic heterocycles. The van der Waals surface area contributed by atoms with Crippen molar-refractivity contribution in [3.05, 3.63) is 30.3 Å². The molecule has 1 heterocycles. The van der Waals surface area contributed by atoms with Gasteiger partial charge in [-0.25, -0.2) is 4.99 Å². The van der Waals surface area contributed by atoms with E-state index in [4.69, 9.17) is 15.3 Å². The summed E-state index contributed by atoms with van der Waals surface area (Å²) in [5, 5.41) is 6.69. The van der Waals surface area contributed by atoms with E-state index in [2.05, 4.69) is 15.3 Å². The Labute approximate surface area is 105 Å². The first-order valence-electron chi connectivity index (χ1n) is 5.81. The molecule has 2 atom stereocenters. The Morgan fingerprint density at radius 1 is 1.50 bits per heavy atom. The number of nitrogens with zero attached hydrogens (tertiary/aromatic N) is 3. The summed E-state index contributed by atoms with van der Waals surface area (Å²) in [5.41, 5.74) is 0. The van der Waals surface area contributed by atoms with Gasteiger partial charge in [-0.15, -0.1) is 0 Å². The van der Waals surface area contributed by atoms with Crippen molar-refractivity contribution in [3.63, 3.8) is 0 Å². The summed E-state index contributed by atoms with van der Waals surface area (Å²) >= 11 is 0. The molecule has 18 heavy (non-hydrogen) atoms.